The molecule has 2 aromatic carbocycles. The van der Waals surface area contributed by atoms with E-state index >= 15 is 0 Å². The first-order chi connectivity index (χ1) is 11.5. The molecule has 0 radical (unpaired) electrons. The average Bonchev–Trinajstić information content (AvgIpc) is 2.72. The normalized spacial score (nSPS) is 13.7. The number of amides is 1. The number of hydrogen-bond acceptors (Lipinski definition) is 2. The molecule has 1 amide bonds. The van der Waals surface area contributed by atoms with Gasteiger partial charge in [0.1, 0.15) is 0 Å². The van der Waals surface area contributed by atoms with Crippen LogP contribution in [0.15, 0.2) is 48.5 Å². The number of halogens is 3. The predicted octanol–water partition coefficient (Wildman–Crippen LogP) is 3.60. The zero-order chi connectivity index (χ0) is 17.2. The van der Waals surface area contributed by atoms with Crippen molar-refractivity contribution in [3.05, 3.63) is 59.7 Å². The van der Waals surface area contributed by atoms with Crippen LogP contribution in [-0.4, -0.2) is 25.2 Å². The van der Waals surface area contributed by atoms with Gasteiger partial charge in [-0.15, -0.1) is 0 Å². The molecule has 0 aromatic heterocycles. The first-order valence-corrected chi connectivity index (χ1v) is 7.75. The van der Waals surface area contributed by atoms with Gasteiger partial charge in [-0.3, -0.25) is 4.79 Å². The maximum atomic E-state index is 12.3. The van der Waals surface area contributed by atoms with Crippen LogP contribution in [0.2, 0.25) is 0 Å². The summed E-state index contributed by atoms with van der Waals surface area (Å²) >= 11 is 0. The number of nitrogens with one attached hydrogen (secondary N) is 1. The Hall–Kier alpha value is -2.50. The predicted molar refractivity (Wildman–Crippen MR) is 86.4 cm³/mol. The van der Waals surface area contributed by atoms with Crippen LogP contribution in [0.3, 0.4) is 0 Å². The molecule has 3 nitrogen and oxygen atoms in total. The highest BCUT2D eigenvalue weighted by Crippen LogP contribution is 2.35. The Morgan fingerprint density at radius 2 is 1.46 bits per heavy atom. The molecule has 24 heavy (non-hydrogen) atoms. The van der Waals surface area contributed by atoms with Crippen molar-refractivity contribution in [1.82, 2.24) is 5.32 Å². The highest BCUT2D eigenvalue weighted by Gasteiger charge is 2.38. The fraction of sp³-hybridized carbons (Fsp3) is 0.278. The number of carbonyl (C=O) groups is 1. The summed E-state index contributed by atoms with van der Waals surface area (Å²) in [6.45, 7) is 0.191. The molecule has 1 N–H and O–H groups in total. The van der Waals surface area contributed by atoms with Gasteiger partial charge in [-0.25, -0.2) is 0 Å². The zero-order valence-electron chi connectivity index (χ0n) is 12.9. The molecule has 3 rings (SSSR count). The van der Waals surface area contributed by atoms with Gasteiger partial charge in [0, 0.05) is 24.5 Å². The molecule has 1 aliphatic heterocycles. The zero-order valence-corrected chi connectivity index (χ0v) is 12.9. The number of hydrogen-bond donors (Lipinski definition) is 1. The summed E-state index contributed by atoms with van der Waals surface area (Å²) in [5.74, 6) is -1.90. The van der Waals surface area contributed by atoms with E-state index in [2.05, 4.69) is 0 Å². The molecule has 0 saturated heterocycles. The van der Waals surface area contributed by atoms with Gasteiger partial charge in [-0.2, -0.15) is 13.2 Å². The van der Waals surface area contributed by atoms with Gasteiger partial charge in [-0.1, -0.05) is 36.4 Å². The fourth-order valence-corrected chi connectivity index (χ4v) is 2.99. The molecule has 0 bridgehead atoms. The number of anilines is 2. The molecule has 126 valence electrons. The molecular formula is C18H17F3N2O. The summed E-state index contributed by atoms with van der Waals surface area (Å²) in [5.41, 5.74) is 4.25. The molecular weight excluding hydrogens is 317 g/mol. The van der Waals surface area contributed by atoms with Crippen molar-refractivity contribution in [3.63, 3.8) is 0 Å². The van der Waals surface area contributed by atoms with Crippen LogP contribution < -0.4 is 10.2 Å². The molecule has 0 aliphatic carbocycles. The second-order valence-electron chi connectivity index (χ2n) is 5.66. The standard InChI is InChI=1S/C18H17F3N2O/c19-18(20,21)17(24)22-11-12-23-15-7-3-1-5-13(15)9-10-14-6-2-4-8-16(14)23/h1-8H,9-12H2,(H,22,24). The second-order valence-corrected chi connectivity index (χ2v) is 5.66. The lowest BCUT2D eigenvalue weighted by molar-refractivity contribution is -0.173. The maximum absolute atomic E-state index is 12.3. The SMILES string of the molecule is O=C(NCCN1c2ccccc2CCc2ccccc21)C(F)(F)F. The van der Waals surface area contributed by atoms with Gasteiger partial charge in [0.25, 0.3) is 0 Å². The van der Waals surface area contributed by atoms with Gasteiger partial charge in [0.2, 0.25) is 0 Å². The highest BCUT2D eigenvalue weighted by molar-refractivity contribution is 5.81. The summed E-state index contributed by atoms with van der Waals surface area (Å²) < 4.78 is 37.0. The lowest BCUT2D eigenvalue weighted by atomic mass is 10.0. The van der Waals surface area contributed by atoms with E-state index in [0.29, 0.717) is 0 Å². The Balaban J connectivity index is 1.84. The van der Waals surface area contributed by atoms with Crippen molar-refractivity contribution in [3.8, 4) is 0 Å². The minimum absolute atomic E-state index is 0.0823. The quantitative estimate of drug-likeness (QED) is 0.930. The minimum atomic E-state index is -4.85. The lowest BCUT2D eigenvalue weighted by Gasteiger charge is -2.27. The van der Waals surface area contributed by atoms with Crippen molar-refractivity contribution < 1.29 is 18.0 Å². The van der Waals surface area contributed by atoms with Gasteiger partial charge < -0.3 is 10.2 Å². The number of aryl methyl sites for hydroxylation is 2. The van der Waals surface area contributed by atoms with E-state index in [1.54, 1.807) is 0 Å². The average molecular weight is 334 g/mol. The van der Waals surface area contributed by atoms with Crippen LogP contribution in [0.4, 0.5) is 24.5 Å². The summed E-state index contributed by atoms with van der Waals surface area (Å²) in [7, 11) is 0. The first-order valence-electron chi connectivity index (χ1n) is 7.75. The number of para-hydroxylation sites is 2. The molecule has 1 heterocycles. The summed E-state index contributed by atoms with van der Waals surface area (Å²) in [4.78, 5) is 13.0. The van der Waals surface area contributed by atoms with Crippen molar-refractivity contribution in [2.45, 2.75) is 19.0 Å². The monoisotopic (exact) mass is 334 g/mol. The summed E-state index contributed by atoms with van der Waals surface area (Å²) in [5, 5.41) is 1.95. The van der Waals surface area contributed by atoms with E-state index in [0.717, 1.165) is 35.3 Å². The van der Waals surface area contributed by atoms with Gasteiger partial charge in [0.05, 0.1) is 0 Å². The van der Waals surface area contributed by atoms with Crippen LogP contribution in [-0.2, 0) is 17.6 Å². The van der Waals surface area contributed by atoms with Crippen molar-refractivity contribution in [2.75, 3.05) is 18.0 Å². The Kier molecular flexibility index (Phi) is 4.46. The molecule has 0 unspecified atom stereocenters. The minimum Gasteiger partial charge on any atom is -0.346 e. The van der Waals surface area contributed by atoms with E-state index in [9.17, 15) is 18.0 Å². The topological polar surface area (TPSA) is 32.3 Å². The first kappa shape index (κ1) is 16.4. The van der Waals surface area contributed by atoms with Crippen LogP contribution in [0.25, 0.3) is 0 Å². The third-order valence-electron chi connectivity index (χ3n) is 4.11. The van der Waals surface area contributed by atoms with E-state index < -0.39 is 12.1 Å². The molecule has 0 fully saturated rings. The van der Waals surface area contributed by atoms with E-state index in [-0.39, 0.29) is 13.1 Å². The van der Waals surface area contributed by atoms with Gasteiger partial charge in [0.15, 0.2) is 0 Å². The number of rotatable bonds is 3. The van der Waals surface area contributed by atoms with Crippen molar-refractivity contribution in [2.24, 2.45) is 0 Å². The highest BCUT2D eigenvalue weighted by atomic mass is 19.4. The molecule has 0 spiro atoms. The number of alkyl halides is 3. The Morgan fingerprint density at radius 1 is 0.958 bits per heavy atom. The van der Waals surface area contributed by atoms with E-state index in [4.69, 9.17) is 0 Å². The van der Waals surface area contributed by atoms with Crippen molar-refractivity contribution in [1.29, 1.82) is 0 Å². The van der Waals surface area contributed by atoms with Crippen LogP contribution in [0.5, 0.6) is 0 Å². The Bertz CT molecular complexity index is 696. The van der Waals surface area contributed by atoms with E-state index in [1.807, 2.05) is 58.7 Å². The number of nitrogens with zero attached hydrogens (tertiary/aromatic N) is 1. The molecule has 0 atom stereocenters. The third kappa shape index (κ3) is 3.37. The third-order valence-corrected chi connectivity index (χ3v) is 4.11. The Morgan fingerprint density at radius 3 is 1.96 bits per heavy atom. The molecule has 6 heteroatoms. The largest absolute Gasteiger partial charge is 0.471 e. The second kappa shape index (κ2) is 6.55. The van der Waals surface area contributed by atoms with Crippen LogP contribution >= 0.6 is 0 Å². The van der Waals surface area contributed by atoms with Crippen LogP contribution in [0, 0.1) is 0 Å². The summed E-state index contributed by atoms with van der Waals surface area (Å²) in [6, 6.07) is 15.7. The Labute approximate surface area is 138 Å². The van der Waals surface area contributed by atoms with Gasteiger partial charge in [-0.05, 0) is 36.1 Å². The number of carbonyl (C=O) groups excluding carboxylic acids is 1. The lowest BCUT2D eigenvalue weighted by Crippen LogP contribution is -2.40. The number of benzene rings is 2. The van der Waals surface area contributed by atoms with E-state index in [1.165, 1.54) is 0 Å². The van der Waals surface area contributed by atoms with Crippen molar-refractivity contribution >= 4 is 17.3 Å². The smallest absolute Gasteiger partial charge is 0.346 e. The molecule has 1 aliphatic rings. The molecule has 0 saturated carbocycles. The van der Waals surface area contributed by atoms with Gasteiger partial charge >= 0.3 is 12.1 Å². The van der Waals surface area contributed by atoms with Crippen LogP contribution in [0.1, 0.15) is 11.1 Å². The maximum Gasteiger partial charge on any atom is 0.471 e. The number of fused-ring (bicyclic) bond motifs is 2. The fourth-order valence-electron chi connectivity index (χ4n) is 2.99. The molecule has 2 aromatic rings. The summed E-state index contributed by atoms with van der Waals surface area (Å²) in [6.07, 6.45) is -3.11.